The van der Waals surface area contributed by atoms with Crippen LogP contribution in [0, 0.1) is 5.82 Å². The lowest BCUT2D eigenvalue weighted by molar-refractivity contribution is 0.393. The van der Waals surface area contributed by atoms with Crippen molar-refractivity contribution in [1.29, 1.82) is 0 Å². The fraction of sp³-hybridized carbons (Fsp3) is 0.280. The highest BCUT2D eigenvalue weighted by Gasteiger charge is 2.39. The first kappa shape index (κ1) is 21.6. The van der Waals surface area contributed by atoms with Crippen molar-refractivity contribution in [2.75, 3.05) is 5.32 Å². The Morgan fingerprint density at radius 1 is 1.03 bits per heavy atom. The molecule has 34 heavy (non-hydrogen) atoms. The average Bonchev–Trinajstić information content (AvgIpc) is 3.77. The number of halogens is 1. The third kappa shape index (κ3) is 4.19. The van der Waals surface area contributed by atoms with Crippen LogP contribution in [0.5, 0.6) is 0 Å². The minimum absolute atomic E-state index is 0.00967. The highest BCUT2D eigenvalue weighted by atomic mass is 32.2. The molecule has 0 atom stereocenters. The molecule has 6 rings (SSSR count). The van der Waals surface area contributed by atoms with E-state index in [9.17, 15) is 12.8 Å². The monoisotopic (exact) mass is 494 g/mol. The van der Waals surface area contributed by atoms with Gasteiger partial charge in [0.15, 0.2) is 0 Å². The normalized spacial score (nSPS) is 16.3. The summed E-state index contributed by atoms with van der Waals surface area (Å²) in [5.41, 5.74) is 2.93. The van der Waals surface area contributed by atoms with Crippen LogP contribution in [0.1, 0.15) is 31.2 Å². The molecule has 0 unspecified atom stereocenters. The molecule has 0 spiro atoms. The Hall–Kier alpha value is -2.88. The Morgan fingerprint density at radius 2 is 1.82 bits per heavy atom. The zero-order valence-corrected chi connectivity index (χ0v) is 19.9. The molecule has 174 valence electrons. The van der Waals surface area contributed by atoms with E-state index >= 15 is 0 Å². The Morgan fingerprint density at radius 3 is 2.56 bits per heavy atom. The van der Waals surface area contributed by atoms with Crippen LogP contribution in [0.15, 0.2) is 64.4 Å². The van der Waals surface area contributed by atoms with E-state index in [1.807, 2.05) is 18.2 Å². The van der Waals surface area contributed by atoms with Gasteiger partial charge in [-0.1, -0.05) is 18.2 Å². The van der Waals surface area contributed by atoms with Gasteiger partial charge in [-0.25, -0.2) is 22.8 Å². The molecule has 2 aromatic heterocycles. The van der Waals surface area contributed by atoms with Gasteiger partial charge in [-0.3, -0.25) is 0 Å². The SMILES string of the molecule is O=S(=O)(c1cccs1)N(Cc1cc(-c2ccc3ncnc(NC4CC4)c3c2)ccc1F)C1CC1. The molecule has 0 bridgehead atoms. The lowest BCUT2D eigenvalue weighted by Crippen LogP contribution is -2.32. The smallest absolute Gasteiger partial charge is 0.253 e. The van der Waals surface area contributed by atoms with Gasteiger partial charge in [-0.15, -0.1) is 11.3 Å². The van der Waals surface area contributed by atoms with E-state index < -0.39 is 15.8 Å². The van der Waals surface area contributed by atoms with Crippen molar-refractivity contribution in [2.45, 2.75) is 48.5 Å². The molecule has 9 heteroatoms. The van der Waals surface area contributed by atoms with Crippen LogP contribution in [0.25, 0.3) is 22.0 Å². The van der Waals surface area contributed by atoms with Crippen LogP contribution < -0.4 is 5.32 Å². The Bertz CT molecular complexity index is 1470. The summed E-state index contributed by atoms with van der Waals surface area (Å²) < 4.78 is 43.1. The molecule has 0 radical (unpaired) electrons. The Labute approximate surface area is 201 Å². The van der Waals surface area contributed by atoms with Crippen LogP contribution in [-0.4, -0.2) is 34.8 Å². The van der Waals surface area contributed by atoms with Crippen molar-refractivity contribution in [1.82, 2.24) is 14.3 Å². The minimum Gasteiger partial charge on any atom is -0.367 e. The van der Waals surface area contributed by atoms with Crippen LogP contribution >= 0.6 is 11.3 Å². The summed E-state index contributed by atoms with van der Waals surface area (Å²) in [4.78, 5) is 8.79. The summed E-state index contributed by atoms with van der Waals surface area (Å²) in [6, 6.07) is 14.5. The molecule has 1 N–H and O–H groups in total. The number of fused-ring (bicyclic) bond motifs is 1. The molecule has 6 nitrogen and oxygen atoms in total. The molecule has 2 saturated carbocycles. The first-order chi connectivity index (χ1) is 16.5. The van der Waals surface area contributed by atoms with Gasteiger partial charge in [-0.05, 0) is 72.5 Å². The predicted octanol–water partition coefficient (Wildman–Crippen LogP) is 5.43. The molecule has 4 aromatic rings. The maximum atomic E-state index is 14.9. The van der Waals surface area contributed by atoms with Gasteiger partial charge in [0, 0.05) is 29.6 Å². The number of hydrogen-bond donors (Lipinski definition) is 1. The molecule has 2 fully saturated rings. The maximum Gasteiger partial charge on any atom is 0.253 e. The predicted molar refractivity (Wildman–Crippen MR) is 132 cm³/mol. The van der Waals surface area contributed by atoms with Crippen molar-refractivity contribution in [3.63, 3.8) is 0 Å². The van der Waals surface area contributed by atoms with E-state index in [1.54, 1.807) is 36.0 Å². The molecular weight excluding hydrogens is 471 g/mol. The number of aromatic nitrogens is 2. The average molecular weight is 495 g/mol. The van der Waals surface area contributed by atoms with Crippen molar-refractivity contribution in [2.24, 2.45) is 0 Å². The second-order valence-corrected chi connectivity index (χ2v) is 12.0. The molecule has 0 saturated heterocycles. The zero-order chi connectivity index (χ0) is 23.3. The standard InChI is InChI=1S/C25H23FN4O2S2/c26-22-9-3-16(17-4-10-23-21(13-17)25(28-15-27-23)29-19-5-6-19)12-18(22)14-30(20-7-8-20)34(31,32)24-2-1-11-33-24/h1-4,9-13,15,19-20H,5-8,14H2,(H,27,28,29). The molecule has 2 aromatic carbocycles. The van der Waals surface area contributed by atoms with Crippen molar-refractivity contribution in [3.05, 3.63) is 71.6 Å². The van der Waals surface area contributed by atoms with Crippen LogP contribution in [0.4, 0.5) is 10.2 Å². The topological polar surface area (TPSA) is 75.2 Å². The lowest BCUT2D eigenvalue weighted by atomic mass is 10.0. The molecule has 2 aliphatic rings. The summed E-state index contributed by atoms with van der Waals surface area (Å²) in [5.74, 6) is 0.398. The number of nitrogens with zero attached hydrogens (tertiary/aromatic N) is 3. The van der Waals surface area contributed by atoms with E-state index in [-0.39, 0.29) is 12.6 Å². The zero-order valence-electron chi connectivity index (χ0n) is 18.3. The minimum atomic E-state index is -3.67. The number of nitrogens with one attached hydrogen (secondary N) is 1. The van der Waals surface area contributed by atoms with E-state index in [2.05, 4.69) is 15.3 Å². The quantitative estimate of drug-likeness (QED) is 0.354. The summed E-state index contributed by atoms with van der Waals surface area (Å²) in [5, 5.41) is 6.11. The van der Waals surface area contributed by atoms with Gasteiger partial charge in [0.25, 0.3) is 10.0 Å². The second-order valence-electron chi connectivity index (χ2n) is 8.89. The van der Waals surface area contributed by atoms with Gasteiger partial charge in [0.05, 0.1) is 5.52 Å². The van der Waals surface area contributed by atoms with Gasteiger partial charge < -0.3 is 5.32 Å². The van der Waals surface area contributed by atoms with E-state index in [4.69, 9.17) is 0 Å². The summed E-state index contributed by atoms with van der Waals surface area (Å²) in [6.45, 7) is 0.00967. The van der Waals surface area contributed by atoms with Crippen molar-refractivity contribution >= 4 is 38.1 Å². The van der Waals surface area contributed by atoms with Gasteiger partial charge in [-0.2, -0.15) is 4.31 Å². The van der Waals surface area contributed by atoms with Gasteiger partial charge in [0.1, 0.15) is 22.2 Å². The number of benzene rings is 2. The lowest BCUT2D eigenvalue weighted by Gasteiger charge is -2.22. The van der Waals surface area contributed by atoms with E-state index in [0.29, 0.717) is 15.8 Å². The largest absolute Gasteiger partial charge is 0.367 e. The Balaban J connectivity index is 1.35. The fourth-order valence-corrected chi connectivity index (χ4v) is 6.90. The Kier molecular flexibility index (Phi) is 5.35. The molecule has 2 heterocycles. The molecule has 2 aliphatic carbocycles. The van der Waals surface area contributed by atoms with Crippen molar-refractivity contribution in [3.8, 4) is 11.1 Å². The van der Waals surface area contributed by atoms with E-state index in [1.165, 1.54) is 21.7 Å². The van der Waals surface area contributed by atoms with Gasteiger partial charge >= 0.3 is 0 Å². The number of rotatable bonds is 8. The third-order valence-corrected chi connectivity index (χ3v) is 9.54. The highest BCUT2D eigenvalue weighted by Crippen LogP contribution is 2.36. The molecular formula is C25H23FN4O2S2. The fourth-order valence-electron chi connectivity index (χ4n) is 4.11. The van der Waals surface area contributed by atoms with Crippen LogP contribution in [0.2, 0.25) is 0 Å². The highest BCUT2D eigenvalue weighted by molar-refractivity contribution is 7.91. The number of anilines is 1. The maximum absolute atomic E-state index is 14.9. The number of thiophene rings is 1. The molecule has 0 amide bonds. The van der Waals surface area contributed by atoms with Gasteiger partial charge in [0.2, 0.25) is 0 Å². The number of sulfonamides is 1. The number of hydrogen-bond acceptors (Lipinski definition) is 6. The van der Waals surface area contributed by atoms with Crippen LogP contribution in [0.3, 0.4) is 0 Å². The summed E-state index contributed by atoms with van der Waals surface area (Å²) in [6.07, 6.45) is 5.43. The van der Waals surface area contributed by atoms with Crippen LogP contribution in [-0.2, 0) is 16.6 Å². The van der Waals surface area contributed by atoms with E-state index in [0.717, 1.165) is 53.5 Å². The van der Waals surface area contributed by atoms with Crippen molar-refractivity contribution < 1.29 is 12.8 Å². The molecule has 0 aliphatic heterocycles. The first-order valence-corrected chi connectivity index (χ1v) is 13.7. The second kappa shape index (κ2) is 8.41. The summed E-state index contributed by atoms with van der Waals surface area (Å²) in [7, 11) is -3.67. The third-order valence-electron chi connectivity index (χ3n) is 6.27. The summed E-state index contributed by atoms with van der Waals surface area (Å²) >= 11 is 1.19. The first-order valence-electron chi connectivity index (χ1n) is 11.3.